The van der Waals surface area contributed by atoms with Gasteiger partial charge in [-0.15, -0.1) is 0 Å². The molecule has 0 atom stereocenters. The van der Waals surface area contributed by atoms with E-state index in [-0.39, 0.29) is 0 Å². The quantitative estimate of drug-likeness (QED) is 0.585. The standard InChI is InChI=1S/C26H29NO/c1-20(2)27(19-21-11-4-3-5-12-21)18-10-17-26(28)24-15-8-6-13-22(24)23-14-7-9-16-25(23)26/h3-9,11-16,20,28H,10,17-19H2,1-2H3. The van der Waals surface area contributed by atoms with Crippen molar-refractivity contribution < 1.29 is 5.11 Å². The predicted molar refractivity (Wildman–Crippen MR) is 116 cm³/mol. The Morgan fingerprint density at radius 3 is 1.89 bits per heavy atom. The van der Waals surface area contributed by atoms with Crippen molar-refractivity contribution in [3.63, 3.8) is 0 Å². The van der Waals surface area contributed by atoms with Crippen LogP contribution in [0.4, 0.5) is 0 Å². The van der Waals surface area contributed by atoms with E-state index in [1.807, 2.05) is 12.1 Å². The van der Waals surface area contributed by atoms with Crippen molar-refractivity contribution in [2.75, 3.05) is 6.54 Å². The fourth-order valence-electron chi connectivity index (χ4n) is 4.45. The number of benzene rings is 3. The van der Waals surface area contributed by atoms with E-state index in [4.69, 9.17) is 0 Å². The third-order valence-electron chi connectivity index (χ3n) is 5.98. The Morgan fingerprint density at radius 1 is 0.786 bits per heavy atom. The molecule has 0 unspecified atom stereocenters. The van der Waals surface area contributed by atoms with Gasteiger partial charge in [-0.1, -0.05) is 78.9 Å². The van der Waals surface area contributed by atoms with Crippen LogP contribution in [0.3, 0.4) is 0 Å². The van der Waals surface area contributed by atoms with E-state index in [0.29, 0.717) is 6.04 Å². The number of hydrogen-bond acceptors (Lipinski definition) is 2. The van der Waals surface area contributed by atoms with Gasteiger partial charge >= 0.3 is 0 Å². The van der Waals surface area contributed by atoms with Crippen molar-refractivity contribution in [1.29, 1.82) is 0 Å². The van der Waals surface area contributed by atoms with Crippen LogP contribution in [0.15, 0.2) is 78.9 Å². The first kappa shape index (κ1) is 18.9. The molecule has 1 aliphatic carbocycles. The molecule has 0 spiro atoms. The zero-order chi connectivity index (χ0) is 19.6. The number of nitrogens with zero attached hydrogens (tertiary/aromatic N) is 1. The number of fused-ring (bicyclic) bond motifs is 3. The van der Waals surface area contributed by atoms with Crippen molar-refractivity contribution in [2.24, 2.45) is 0 Å². The summed E-state index contributed by atoms with van der Waals surface area (Å²) in [7, 11) is 0. The SMILES string of the molecule is CC(C)N(CCCC1(O)c2ccccc2-c2ccccc21)Cc1ccccc1. The molecule has 4 rings (SSSR count). The zero-order valence-electron chi connectivity index (χ0n) is 16.8. The summed E-state index contributed by atoms with van der Waals surface area (Å²) in [6, 6.07) is 27.7. The minimum Gasteiger partial charge on any atom is -0.380 e. The van der Waals surface area contributed by atoms with E-state index >= 15 is 0 Å². The number of hydrogen-bond donors (Lipinski definition) is 1. The fourth-order valence-corrected chi connectivity index (χ4v) is 4.45. The van der Waals surface area contributed by atoms with E-state index in [0.717, 1.165) is 37.1 Å². The molecule has 0 radical (unpaired) electrons. The van der Waals surface area contributed by atoms with Crippen LogP contribution < -0.4 is 0 Å². The maximum atomic E-state index is 11.7. The average molecular weight is 372 g/mol. The maximum Gasteiger partial charge on any atom is 0.116 e. The Morgan fingerprint density at radius 2 is 1.32 bits per heavy atom. The van der Waals surface area contributed by atoms with Gasteiger partial charge in [0, 0.05) is 12.6 Å². The van der Waals surface area contributed by atoms with Crippen molar-refractivity contribution in [1.82, 2.24) is 4.90 Å². The lowest BCUT2D eigenvalue weighted by molar-refractivity contribution is 0.0671. The predicted octanol–water partition coefficient (Wildman–Crippen LogP) is 5.59. The molecule has 144 valence electrons. The summed E-state index contributed by atoms with van der Waals surface area (Å²) < 4.78 is 0. The first-order valence-electron chi connectivity index (χ1n) is 10.3. The molecule has 28 heavy (non-hydrogen) atoms. The van der Waals surface area contributed by atoms with E-state index in [1.54, 1.807) is 0 Å². The molecule has 3 aromatic rings. The van der Waals surface area contributed by atoms with Crippen LogP contribution >= 0.6 is 0 Å². The van der Waals surface area contributed by atoms with Gasteiger partial charge in [-0.2, -0.15) is 0 Å². The molecule has 2 nitrogen and oxygen atoms in total. The Bertz CT molecular complexity index is 886. The average Bonchev–Trinajstić information content (AvgIpc) is 2.98. The molecule has 0 fully saturated rings. The van der Waals surface area contributed by atoms with Crippen molar-refractivity contribution in [3.05, 3.63) is 95.6 Å². The first-order chi connectivity index (χ1) is 13.6. The second-order valence-electron chi connectivity index (χ2n) is 8.10. The normalized spacial score (nSPS) is 14.3. The van der Waals surface area contributed by atoms with Gasteiger partial charge in [0.1, 0.15) is 5.60 Å². The summed E-state index contributed by atoms with van der Waals surface area (Å²) in [4.78, 5) is 2.49. The van der Waals surface area contributed by atoms with Gasteiger partial charge in [0.15, 0.2) is 0 Å². The molecular weight excluding hydrogens is 342 g/mol. The molecular formula is C26H29NO. The fraction of sp³-hybridized carbons (Fsp3) is 0.308. The van der Waals surface area contributed by atoms with Crippen LogP contribution in [0.25, 0.3) is 11.1 Å². The van der Waals surface area contributed by atoms with Gasteiger partial charge in [0.25, 0.3) is 0 Å². The van der Waals surface area contributed by atoms with Gasteiger partial charge in [-0.3, -0.25) is 4.90 Å². The Balaban J connectivity index is 1.51. The van der Waals surface area contributed by atoms with Gasteiger partial charge < -0.3 is 5.11 Å². The van der Waals surface area contributed by atoms with Gasteiger partial charge in [-0.05, 0) is 61.1 Å². The number of rotatable bonds is 7. The Labute approximate surface area is 168 Å². The second-order valence-corrected chi connectivity index (χ2v) is 8.10. The summed E-state index contributed by atoms with van der Waals surface area (Å²) >= 11 is 0. The van der Waals surface area contributed by atoms with E-state index < -0.39 is 5.60 Å². The minimum absolute atomic E-state index is 0.470. The lowest BCUT2D eigenvalue weighted by Crippen LogP contribution is -2.33. The Kier molecular flexibility index (Phi) is 5.34. The minimum atomic E-state index is -0.886. The van der Waals surface area contributed by atoms with Gasteiger partial charge in [-0.25, -0.2) is 0 Å². The molecule has 0 heterocycles. The maximum absolute atomic E-state index is 11.7. The van der Waals surface area contributed by atoms with Crippen LogP contribution in [-0.4, -0.2) is 22.6 Å². The lowest BCUT2D eigenvalue weighted by atomic mass is 9.87. The summed E-state index contributed by atoms with van der Waals surface area (Å²) in [5, 5.41) is 11.7. The van der Waals surface area contributed by atoms with E-state index in [2.05, 4.69) is 85.5 Å². The van der Waals surface area contributed by atoms with Crippen molar-refractivity contribution in [2.45, 2.75) is 44.9 Å². The zero-order valence-corrected chi connectivity index (χ0v) is 16.8. The highest BCUT2D eigenvalue weighted by molar-refractivity contribution is 5.79. The van der Waals surface area contributed by atoms with Gasteiger partial charge in [0.05, 0.1) is 0 Å². The van der Waals surface area contributed by atoms with Crippen molar-refractivity contribution in [3.8, 4) is 11.1 Å². The van der Waals surface area contributed by atoms with Crippen LogP contribution in [0.2, 0.25) is 0 Å². The third-order valence-corrected chi connectivity index (χ3v) is 5.98. The molecule has 1 aliphatic rings. The van der Waals surface area contributed by atoms with Crippen molar-refractivity contribution >= 4 is 0 Å². The molecule has 0 aromatic heterocycles. The smallest absolute Gasteiger partial charge is 0.116 e. The molecule has 2 heteroatoms. The highest BCUT2D eigenvalue weighted by Crippen LogP contribution is 2.49. The molecule has 0 saturated heterocycles. The second kappa shape index (κ2) is 7.90. The monoisotopic (exact) mass is 371 g/mol. The third kappa shape index (κ3) is 3.50. The molecule has 0 aliphatic heterocycles. The van der Waals surface area contributed by atoms with Crippen LogP contribution in [-0.2, 0) is 12.1 Å². The molecule has 1 N–H and O–H groups in total. The summed E-state index contributed by atoms with van der Waals surface area (Å²) in [6.07, 6.45) is 1.68. The molecule has 0 bridgehead atoms. The number of aliphatic hydroxyl groups is 1. The highest BCUT2D eigenvalue weighted by Gasteiger charge is 2.40. The van der Waals surface area contributed by atoms with E-state index in [1.165, 1.54) is 16.7 Å². The molecule has 0 saturated carbocycles. The van der Waals surface area contributed by atoms with Crippen LogP contribution in [0, 0.1) is 0 Å². The van der Waals surface area contributed by atoms with Crippen LogP contribution in [0.5, 0.6) is 0 Å². The lowest BCUT2D eigenvalue weighted by Gasteiger charge is -2.30. The molecule has 0 amide bonds. The summed E-state index contributed by atoms with van der Waals surface area (Å²) in [5.74, 6) is 0. The summed E-state index contributed by atoms with van der Waals surface area (Å²) in [6.45, 7) is 6.42. The van der Waals surface area contributed by atoms with E-state index in [9.17, 15) is 5.11 Å². The topological polar surface area (TPSA) is 23.5 Å². The van der Waals surface area contributed by atoms with Gasteiger partial charge in [0.2, 0.25) is 0 Å². The highest BCUT2D eigenvalue weighted by atomic mass is 16.3. The Hall–Kier alpha value is -2.42. The van der Waals surface area contributed by atoms with Crippen LogP contribution in [0.1, 0.15) is 43.4 Å². The largest absolute Gasteiger partial charge is 0.380 e. The first-order valence-corrected chi connectivity index (χ1v) is 10.3. The summed E-state index contributed by atoms with van der Waals surface area (Å²) in [5.41, 5.74) is 4.90. The molecule has 3 aromatic carbocycles.